The minimum Gasteiger partial charge on any atom is -0.247 e. The van der Waals surface area contributed by atoms with E-state index in [0.717, 1.165) is 0 Å². The summed E-state index contributed by atoms with van der Waals surface area (Å²) in [4.78, 5) is 40.1. The largest absolute Gasteiger partial charge is 0.460 e. The molecule has 0 amide bonds. The molecule has 1 rings (SSSR count). The van der Waals surface area contributed by atoms with Crippen LogP contribution in [-0.4, -0.2) is 168 Å². The van der Waals surface area contributed by atoms with E-state index in [1.54, 1.807) is 0 Å². The maximum atomic E-state index is 15.0. The van der Waals surface area contributed by atoms with Gasteiger partial charge in [-0.05, 0) is 0 Å². The molecule has 3 atom stereocenters. The summed E-state index contributed by atoms with van der Waals surface area (Å²) in [7, 11) is 0. The Morgan fingerprint density at radius 2 is 0.302 bits per heavy atom. The predicted molar refractivity (Wildman–Crippen MR) is 229 cm³/mol. The molecule has 0 saturated heterocycles. The first-order valence-corrected chi connectivity index (χ1v) is 25.7. The summed E-state index contributed by atoms with van der Waals surface area (Å²) < 4.78 is 692. The van der Waals surface area contributed by atoms with Crippen LogP contribution in [0.5, 0.6) is 0 Å². The summed E-state index contributed by atoms with van der Waals surface area (Å²) >= 11 is -0.660. The zero-order valence-electron chi connectivity index (χ0n) is 42.5. The quantitative estimate of drug-likeness (QED) is 0.0438. The Labute approximate surface area is 528 Å². The number of alkyl halides is 54. The fourth-order valence-electron chi connectivity index (χ4n) is 6.75. The SMILES string of the molecule is O=c1n(CC(I)CC(F)(F)C(F)(F)C(F)(F)C(F)(F)C(F)(F)C(F)(F)C(F)(F)C(F)(F)F)c(=O)n(CC(I)CC(F)(F)C(F)(F)C(F)(F)C(F)(F)C(F)(F)C(F)(F)C(F)(F)C(F)(F)F)c(=O)n1CC(I)CC(F)(F)C(F)(F)C(F)(F)C(F)(F)C(F)(F)C(F)(F)C(F)(F)C(F)(F)F. The van der Waals surface area contributed by atoms with Gasteiger partial charge in [-0.1, -0.05) is 67.8 Å². The van der Waals surface area contributed by atoms with Gasteiger partial charge in [-0.15, -0.1) is 0 Å². The monoisotopic (exact) mass is 1890 g/mol. The molecule has 0 bridgehead atoms. The van der Waals surface area contributed by atoms with Gasteiger partial charge in [0, 0.05) is 50.7 Å². The number of hydrogen-bond donors (Lipinski definition) is 0. The van der Waals surface area contributed by atoms with Crippen molar-refractivity contribution in [1.29, 1.82) is 0 Å². The van der Waals surface area contributed by atoms with E-state index in [0.29, 0.717) is 0 Å². The molecule has 1 aromatic heterocycles. The van der Waals surface area contributed by atoms with Gasteiger partial charge in [0.1, 0.15) is 0 Å². The molecule has 1 heterocycles. The third-order valence-electron chi connectivity index (χ3n) is 12.3. The van der Waals surface area contributed by atoms with Crippen LogP contribution in [-0.2, 0) is 19.6 Å². The van der Waals surface area contributed by atoms with E-state index in [-0.39, 0.29) is 67.8 Å². The molecule has 1 aromatic rings. The molecule has 0 spiro atoms. The average molecular weight is 1890 g/mol. The summed E-state index contributed by atoms with van der Waals surface area (Å²) in [5, 5.41) is 0. The zero-order valence-corrected chi connectivity index (χ0v) is 48.9. The Hall–Kier alpha value is -2.97. The van der Waals surface area contributed by atoms with E-state index in [1.165, 1.54) is 0 Å². The van der Waals surface area contributed by atoms with Crippen molar-refractivity contribution in [2.75, 3.05) is 0 Å². The summed E-state index contributed by atoms with van der Waals surface area (Å²) in [5.74, 6) is -187. The molecule has 0 radical (unpaired) electrons. The van der Waals surface area contributed by atoms with Gasteiger partial charge < -0.3 is 0 Å². The topological polar surface area (TPSA) is 66.0 Å². The van der Waals surface area contributed by atoms with E-state index in [1.807, 2.05) is 0 Å². The minimum absolute atomic E-state index is 0.220. The van der Waals surface area contributed by atoms with Crippen molar-refractivity contribution in [2.24, 2.45) is 0 Å². The highest BCUT2D eigenvalue weighted by molar-refractivity contribution is 14.1. The Morgan fingerprint density at radius 1 is 0.198 bits per heavy atom. The highest BCUT2D eigenvalue weighted by Crippen LogP contribution is 2.68. The molecule has 3 unspecified atom stereocenters. The van der Waals surface area contributed by atoms with Crippen molar-refractivity contribution < 1.29 is 224 Å². The van der Waals surface area contributed by atoms with Gasteiger partial charge in [0.05, 0.1) is 0 Å². The Bertz CT molecular complexity index is 2770. The van der Waals surface area contributed by atoms with Gasteiger partial charge in [-0.2, -0.15) is 224 Å². The normalized spacial score (nSPS) is 17.3. The fourth-order valence-corrected chi connectivity index (χ4v) is 9.59. The lowest BCUT2D eigenvalue weighted by molar-refractivity contribution is -0.461. The van der Waals surface area contributed by atoms with Gasteiger partial charge in [0.15, 0.2) is 0 Å². The van der Waals surface area contributed by atoms with E-state index in [9.17, 15) is 238 Å². The Balaban J connectivity index is 4.44. The Morgan fingerprint density at radius 3 is 0.417 bits per heavy atom. The van der Waals surface area contributed by atoms with Crippen LogP contribution < -0.4 is 17.1 Å². The van der Waals surface area contributed by atoms with E-state index < -0.39 is 224 Å². The van der Waals surface area contributed by atoms with E-state index >= 15 is 0 Å². The number of rotatable bonds is 30. The van der Waals surface area contributed by atoms with Crippen LogP contribution in [0.25, 0.3) is 0 Å². The number of hydrogen-bond acceptors (Lipinski definition) is 3. The van der Waals surface area contributed by atoms with Crippen molar-refractivity contribution in [3.05, 3.63) is 31.5 Å². The number of nitrogens with zero attached hydrogens (tertiary/aromatic N) is 3. The number of aromatic nitrogens is 3. The lowest BCUT2D eigenvalue weighted by Crippen LogP contribution is -2.74. The summed E-state index contributed by atoms with van der Waals surface area (Å²) in [6.45, 7) is -8.83. The average Bonchev–Trinajstić information content (AvgIpc) is 0.708. The molecule has 0 aliphatic heterocycles. The molecule has 6 nitrogen and oxygen atoms in total. The van der Waals surface area contributed by atoms with Crippen LogP contribution in [0, 0.1) is 0 Å². The second kappa shape index (κ2) is 25.2. The van der Waals surface area contributed by atoms with Crippen LogP contribution in [0.3, 0.4) is 0 Å². The van der Waals surface area contributed by atoms with Crippen LogP contribution in [0.2, 0.25) is 0 Å². The molecule has 0 aromatic carbocycles. The van der Waals surface area contributed by atoms with Crippen LogP contribution >= 0.6 is 67.8 Å². The third kappa shape index (κ3) is 13.1. The highest BCUT2D eigenvalue weighted by Gasteiger charge is 2.99. The molecular weight excluding hydrogens is 1870 g/mol. The summed E-state index contributed by atoms with van der Waals surface area (Å²) in [6, 6.07) is 0. The van der Waals surface area contributed by atoms with Gasteiger partial charge in [0.2, 0.25) is 0 Å². The predicted octanol–water partition coefficient (Wildman–Crippen LogP) is 17.8. The Kier molecular flexibility index (Phi) is 23.9. The van der Waals surface area contributed by atoms with Crippen LogP contribution in [0.4, 0.5) is 224 Å². The van der Waals surface area contributed by atoms with Gasteiger partial charge in [-0.25, -0.2) is 28.1 Å². The molecule has 0 aliphatic rings. The van der Waals surface area contributed by atoms with Crippen molar-refractivity contribution in [3.8, 4) is 0 Å². The molecule has 0 N–H and O–H groups in total. The van der Waals surface area contributed by atoms with Crippen LogP contribution in [0.1, 0.15) is 19.3 Å². The molecule has 96 heavy (non-hydrogen) atoms. The first-order chi connectivity index (χ1) is 40.9. The highest BCUT2D eigenvalue weighted by atomic mass is 127. The second-order valence-electron chi connectivity index (χ2n) is 19.0. The van der Waals surface area contributed by atoms with Crippen molar-refractivity contribution in [1.82, 2.24) is 13.7 Å². The maximum absolute atomic E-state index is 15.0. The van der Waals surface area contributed by atoms with Crippen molar-refractivity contribution in [2.45, 2.75) is 194 Å². The van der Waals surface area contributed by atoms with Crippen LogP contribution in [0.15, 0.2) is 14.4 Å². The standard InChI is InChI=1S/C36H15F51I3N3O3/c37-13(38,16(43,44)19(49,50)22(55,56)25(61,62)28(67,68)31(73,74)34(79,80)81)1-7(88)4-91-10(94)92(5-8(89)2-14(39,40)17(45,46)20(51,52)23(57,58)26(63,64)29(69,70)32(75,76)35(82,83)84)12(96)93(11(91)95)6-9(90)3-15(41,42)18(47,48)21(53,54)24(59,60)27(65,66)30(71,72)33(77,78)36(85,86)87/h7-9H,1-6H2. The smallest absolute Gasteiger partial charge is 0.247 e. The molecule has 0 fully saturated rings. The van der Waals surface area contributed by atoms with Gasteiger partial charge in [-0.3, -0.25) is 0 Å². The molecule has 0 saturated carbocycles. The number of halogens is 54. The minimum atomic E-state index is -9.39. The van der Waals surface area contributed by atoms with Crippen molar-refractivity contribution in [3.63, 3.8) is 0 Å². The second-order valence-corrected chi connectivity index (χ2v) is 24.3. The van der Waals surface area contributed by atoms with Gasteiger partial charge in [0.25, 0.3) is 0 Å². The summed E-state index contributed by atoms with van der Waals surface area (Å²) in [5.41, 5.74) is -9.87. The lowest BCUT2D eigenvalue weighted by atomic mass is 9.88. The van der Waals surface area contributed by atoms with E-state index in [2.05, 4.69) is 0 Å². The molecule has 60 heteroatoms. The molecule has 570 valence electrons. The van der Waals surface area contributed by atoms with Crippen molar-refractivity contribution >= 4 is 67.8 Å². The van der Waals surface area contributed by atoms with Gasteiger partial charge >= 0.3 is 160 Å². The van der Waals surface area contributed by atoms with E-state index in [4.69, 9.17) is 0 Å². The zero-order chi connectivity index (χ0) is 78.4. The third-order valence-corrected chi connectivity index (χ3v) is 14.8. The first-order valence-electron chi connectivity index (χ1n) is 22.0. The molecular formula is C36H15F51I3N3O3. The maximum Gasteiger partial charge on any atom is 0.460 e. The molecule has 0 aliphatic carbocycles. The fraction of sp³-hybridized carbons (Fsp3) is 0.917. The lowest BCUT2D eigenvalue weighted by Gasteiger charge is -2.43. The summed E-state index contributed by atoms with van der Waals surface area (Å²) in [6.07, 6.45) is -36.7. The first kappa shape index (κ1) is 91.0.